The van der Waals surface area contributed by atoms with E-state index in [1.807, 2.05) is 19.1 Å². The molecular weight excluding hydrogens is 474 g/mol. The molecule has 2 N–H and O–H groups in total. The first-order valence-corrected chi connectivity index (χ1v) is 12.5. The van der Waals surface area contributed by atoms with Crippen molar-refractivity contribution in [3.05, 3.63) is 59.2 Å². The number of anilines is 1. The lowest BCUT2D eigenvalue weighted by atomic mass is 10.00. The van der Waals surface area contributed by atoms with Crippen molar-refractivity contribution in [2.24, 2.45) is 5.92 Å². The van der Waals surface area contributed by atoms with Crippen molar-refractivity contribution < 1.29 is 29.0 Å². The molecule has 3 rings (SSSR count). The van der Waals surface area contributed by atoms with Gasteiger partial charge in [0.2, 0.25) is 5.91 Å². The van der Waals surface area contributed by atoms with Crippen molar-refractivity contribution >= 4 is 23.5 Å². The smallest absolute Gasteiger partial charge is 0.336 e. The largest absolute Gasteiger partial charge is 0.491 e. The summed E-state index contributed by atoms with van der Waals surface area (Å²) in [5.41, 5.74) is 1.93. The van der Waals surface area contributed by atoms with Gasteiger partial charge in [-0.3, -0.25) is 14.5 Å². The van der Waals surface area contributed by atoms with Gasteiger partial charge in [0.15, 0.2) is 0 Å². The Hall–Kier alpha value is -3.43. The molecule has 0 saturated heterocycles. The molecule has 0 bridgehead atoms. The molecule has 9 heteroatoms. The van der Waals surface area contributed by atoms with Crippen LogP contribution in [-0.4, -0.2) is 78.7 Å². The summed E-state index contributed by atoms with van der Waals surface area (Å²) in [6.07, 6.45) is 0.102. The van der Waals surface area contributed by atoms with Crippen molar-refractivity contribution in [2.75, 3.05) is 39.2 Å². The first-order chi connectivity index (χ1) is 17.6. The number of carboxylic acids is 1. The molecule has 3 atom stereocenters. The molecule has 9 nitrogen and oxygen atoms in total. The van der Waals surface area contributed by atoms with Crippen LogP contribution in [-0.2, 0) is 16.1 Å². The van der Waals surface area contributed by atoms with Crippen LogP contribution < -0.4 is 10.1 Å². The fourth-order valence-corrected chi connectivity index (χ4v) is 4.48. The summed E-state index contributed by atoms with van der Waals surface area (Å²) in [5.74, 6) is -0.869. The van der Waals surface area contributed by atoms with Crippen LogP contribution in [0.5, 0.6) is 5.75 Å². The van der Waals surface area contributed by atoms with Gasteiger partial charge in [-0.25, -0.2) is 4.79 Å². The number of likely N-dealkylation sites (N-methyl/N-ethyl adjacent to an activating group) is 1. The number of hydrogen-bond donors (Lipinski definition) is 2. The summed E-state index contributed by atoms with van der Waals surface area (Å²) in [6.45, 7) is 7.51. The van der Waals surface area contributed by atoms with Crippen molar-refractivity contribution in [3.63, 3.8) is 0 Å². The average Bonchev–Trinajstić information content (AvgIpc) is 2.88. The number of nitrogens with zero attached hydrogens (tertiary/aromatic N) is 2. The van der Waals surface area contributed by atoms with Gasteiger partial charge in [0.1, 0.15) is 12.4 Å². The molecule has 0 unspecified atom stereocenters. The maximum Gasteiger partial charge on any atom is 0.336 e. The molecule has 1 heterocycles. The fourth-order valence-electron chi connectivity index (χ4n) is 4.48. The zero-order valence-electron chi connectivity index (χ0n) is 22.2. The molecule has 1 aliphatic rings. The topological polar surface area (TPSA) is 108 Å². The van der Waals surface area contributed by atoms with E-state index >= 15 is 0 Å². The Kier molecular flexibility index (Phi) is 9.66. The predicted molar refractivity (Wildman–Crippen MR) is 141 cm³/mol. The van der Waals surface area contributed by atoms with E-state index in [1.54, 1.807) is 56.3 Å². The number of carboxylic acid groups (broad SMARTS) is 1. The maximum atomic E-state index is 13.3. The van der Waals surface area contributed by atoms with Crippen molar-refractivity contribution in [3.8, 4) is 5.75 Å². The lowest BCUT2D eigenvalue weighted by Crippen LogP contribution is -2.46. The van der Waals surface area contributed by atoms with Gasteiger partial charge in [0.05, 0.1) is 17.2 Å². The molecule has 2 amide bonds. The van der Waals surface area contributed by atoms with E-state index in [0.29, 0.717) is 48.6 Å². The molecule has 0 fully saturated rings. The highest BCUT2D eigenvalue weighted by Gasteiger charge is 2.29. The average molecular weight is 512 g/mol. The van der Waals surface area contributed by atoms with Gasteiger partial charge in [-0.1, -0.05) is 32.0 Å². The minimum atomic E-state index is -0.965. The third kappa shape index (κ3) is 7.08. The summed E-state index contributed by atoms with van der Waals surface area (Å²) >= 11 is 0. The third-order valence-electron chi connectivity index (χ3n) is 6.80. The van der Waals surface area contributed by atoms with E-state index in [-0.39, 0.29) is 42.0 Å². The summed E-state index contributed by atoms with van der Waals surface area (Å²) in [5, 5.41) is 12.5. The quantitative estimate of drug-likeness (QED) is 0.608. The standard InChI is InChI=1S/C28H37N3O6/c1-6-26(32)29-21-11-12-23-24(13-21)37-17-19(3)31(15-20-9-7-8-10-22(20)28(34)35)14-18(2)25(36-5)16-30(4)27(23)33/h7-13,18-19,25H,6,14-17H2,1-5H3,(H,29,32)(H,34,35)/t18-,19+,25+/m1/s1. The number of ether oxygens (including phenoxy) is 2. The molecule has 0 saturated carbocycles. The second-order valence-corrected chi connectivity index (χ2v) is 9.60. The number of hydrogen-bond acceptors (Lipinski definition) is 6. The van der Waals surface area contributed by atoms with E-state index in [1.165, 1.54) is 0 Å². The highest BCUT2D eigenvalue weighted by atomic mass is 16.5. The molecule has 0 aromatic heterocycles. The van der Waals surface area contributed by atoms with Crippen LogP contribution in [0.1, 0.15) is 53.5 Å². The number of aromatic carboxylic acids is 1. The third-order valence-corrected chi connectivity index (χ3v) is 6.80. The predicted octanol–water partition coefficient (Wildman–Crippen LogP) is 3.74. The van der Waals surface area contributed by atoms with Crippen LogP contribution in [0.2, 0.25) is 0 Å². The first kappa shape index (κ1) is 28.1. The van der Waals surface area contributed by atoms with Gasteiger partial charge in [-0.15, -0.1) is 0 Å². The number of benzene rings is 2. The zero-order chi connectivity index (χ0) is 27.1. The van der Waals surface area contributed by atoms with E-state index < -0.39 is 5.97 Å². The van der Waals surface area contributed by atoms with Crippen LogP contribution in [0.25, 0.3) is 0 Å². The second kappa shape index (κ2) is 12.7. The number of methoxy groups -OCH3 is 1. The highest BCUT2D eigenvalue weighted by molar-refractivity contribution is 5.98. The number of carbonyl (C=O) groups is 3. The van der Waals surface area contributed by atoms with E-state index in [0.717, 1.165) is 0 Å². The van der Waals surface area contributed by atoms with Crippen LogP contribution in [0.3, 0.4) is 0 Å². The van der Waals surface area contributed by atoms with Crippen molar-refractivity contribution in [2.45, 2.75) is 45.9 Å². The van der Waals surface area contributed by atoms with E-state index in [2.05, 4.69) is 17.1 Å². The van der Waals surface area contributed by atoms with Gasteiger partial charge in [0, 0.05) is 58.0 Å². The number of nitrogens with one attached hydrogen (secondary N) is 1. The van der Waals surface area contributed by atoms with E-state index in [4.69, 9.17) is 9.47 Å². The fraction of sp³-hybridized carbons (Fsp3) is 0.464. The second-order valence-electron chi connectivity index (χ2n) is 9.60. The molecule has 2 aromatic carbocycles. The maximum absolute atomic E-state index is 13.3. The zero-order valence-corrected chi connectivity index (χ0v) is 22.2. The van der Waals surface area contributed by atoms with Gasteiger partial charge >= 0.3 is 5.97 Å². The molecule has 0 radical (unpaired) electrons. The minimum Gasteiger partial charge on any atom is -0.491 e. The Morgan fingerprint density at radius 3 is 2.57 bits per heavy atom. The summed E-state index contributed by atoms with van der Waals surface area (Å²) in [7, 11) is 3.37. The Balaban J connectivity index is 1.98. The Labute approximate surface area is 218 Å². The van der Waals surface area contributed by atoms with Crippen LogP contribution in [0.15, 0.2) is 42.5 Å². The minimum absolute atomic E-state index is 0.0465. The number of rotatable bonds is 6. The first-order valence-electron chi connectivity index (χ1n) is 12.5. The highest BCUT2D eigenvalue weighted by Crippen LogP contribution is 2.27. The molecule has 0 aliphatic carbocycles. The Morgan fingerprint density at radius 1 is 1.16 bits per heavy atom. The van der Waals surface area contributed by atoms with Gasteiger partial charge in [-0.2, -0.15) is 0 Å². The molecule has 37 heavy (non-hydrogen) atoms. The molecule has 200 valence electrons. The van der Waals surface area contributed by atoms with E-state index in [9.17, 15) is 19.5 Å². The summed E-state index contributed by atoms with van der Waals surface area (Å²) in [6, 6.07) is 11.9. The number of amides is 2. The molecule has 2 aromatic rings. The lowest BCUT2D eigenvalue weighted by molar-refractivity contribution is -0.115. The summed E-state index contributed by atoms with van der Waals surface area (Å²) in [4.78, 5) is 40.9. The van der Waals surface area contributed by atoms with Gasteiger partial charge in [0.25, 0.3) is 5.91 Å². The van der Waals surface area contributed by atoms with Crippen LogP contribution >= 0.6 is 0 Å². The number of fused-ring (bicyclic) bond motifs is 1. The summed E-state index contributed by atoms with van der Waals surface area (Å²) < 4.78 is 12.0. The van der Waals surface area contributed by atoms with Crippen molar-refractivity contribution in [1.82, 2.24) is 9.80 Å². The normalized spacial score (nSPS) is 21.3. The molecule has 1 aliphatic heterocycles. The SMILES string of the molecule is CCC(=O)Nc1ccc2c(c1)OC[C@H](C)N(Cc1ccccc1C(=O)O)C[C@@H](C)[C@@H](OC)CN(C)C2=O. The number of carbonyl (C=O) groups excluding carboxylic acids is 2. The monoisotopic (exact) mass is 511 g/mol. The van der Waals surface area contributed by atoms with Gasteiger partial charge in [-0.05, 0) is 36.6 Å². The molecule has 0 spiro atoms. The molecular formula is C28H37N3O6. The Morgan fingerprint density at radius 2 is 1.89 bits per heavy atom. The van der Waals surface area contributed by atoms with Crippen molar-refractivity contribution in [1.29, 1.82) is 0 Å². The van der Waals surface area contributed by atoms with Gasteiger partial charge < -0.3 is 24.8 Å². The van der Waals surface area contributed by atoms with Crippen LogP contribution in [0.4, 0.5) is 5.69 Å². The lowest BCUT2D eigenvalue weighted by Gasteiger charge is -2.36. The van der Waals surface area contributed by atoms with Crippen LogP contribution in [0, 0.1) is 5.92 Å². The Bertz CT molecular complexity index is 1120.